The van der Waals surface area contributed by atoms with E-state index in [-0.39, 0.29) is 36.2 Å². The van der Waals surface area contributed by atoms with Gasteiger partial charge in [-0.1, -0.05) is 12.1 Å². The third-order valence-corrected chi connectivity index (χ3v) is 12.4. The van der Waals surface area contributed by atoms with Gasteiger partial charge in [-0.3, -0.25) is 29.3 Å². The summed E-state index contributed by atoms with van der Waals surface area (Å²) in [7, 11) is 0. The van der Waals surface area contributed by atoms with Crippen LogP contribution in [-0.4, -0.2) is 111 Å². The van der Waals surface area contributed by atoms with Gasteiger partial charge < -0.3 is 30.5 Å². The number of fused-ring (bicyclic) bond motifs is 2. The molecule has 4 aromatic rings. The molecule has 0 bridgehead atoms. The first-order valence-corrected chi connectivity index (χ1v) is 20.8. The van der Waals surface area contributed by atoms with Gasteiger partial charge >= 0.3 is 0 Å². The molecule has 1 unspecified atom stereocenters. The molecule has 0 saturated carbocycles. The molecule has 0 spiro atoms. The molecule has 0 aliphatic carbocycles. The summed E-state index contributed by atoms with van der Waals surface area (Å²) in [6.45, 7) is 9.69. The number of nitrogens with one attached hydrogen (secondary N) is 4. The molecule has 3 amide bonds. The highest BCUT2D eigenvalue weighted by Gasteiger charge is 2.29. The van der Waals surface area contributed by atoms with E-state index in [0.717, 1.165) is 112 Å². The average molecular weight is 825 g/mol. The Labute approximate surface area is 350 Å². The Bertz CT molecular complexity index is 2150. The summed E-state index contributed by atoms with van der Waals surface area (Å²) in [6.07, 6.45) is 13.3. The van der Waals surface area contributed by atoms with Gasteiger partial charge in [0.25, 0.3) is 0 Å². The van der Waals surface area contributed by atoms with E-state index in [9.17, 15) is 14.4 Å². The summed E-state index contributed by atoms with van der Waals surface area (Å²) in [6, 6.07) is 7.91. The minimum absolute atomic E-state index is 0. The smallest absolute Gasteiger partial charge is 0.249 e. The van der Waals surface area contributed by atoms with Crippen LogP contribution in [-0.2, 0) is 33.9 Å². The fourth-order valence-corrected chi connectivity index (χ4v) is 8.98. The summed E-state index contributed by atoms with van der Waals surface area (Å²) < 4.78 is 7.72. The number of rotatable bonds is 10. The second kappa shape index (κ2) is 17.8. The molecule has 9 rings (SSSR count). The number of nitrogens with zero attached hydrogens (tertiary/aromatic N) is 8. The largest absolute Gasteiger partial charge is 0.474 e. The molecule has 1 atom stereocenters. The van der Waals surface area contributed by atoms with Gasteiger partial charge in [0.15, 0.2) is 0 Å². The topological polar surface area (TPSA) is 175 Å². The minimum Gasteiger partial charge on any atom is -0.474 e. The molecule has 5 aliphatic heterocycles. The van der Waals surface area contributed by atoms with Gasteiger partial charge in [-0.15, -0.1) is 12.4 Å². The molecule has 5 aliphatic rings. The molecule has 0 radical (unpaired) electrons. The normalized spacial score (nSPS) is 20.1. The van der Waals surface area contributed by atoms with E-state index in [0.29, 0.717) is 56.2 Å². The molecular formula is C42H53ClN12O4. The molecule has 3 fully saturated rings. The number of carbonyl (C=O) groups excluding carboxylic acids is 3. The van der Waals surface area contributed by atoms with Gasteiger partial charge in [0.2, 0.25) is 29.5 Å². The summed E-state index contributed by atoms with van der Waals surface area (Å²) in [4.78, 5) is 57.6. The molecule has 17 heteroatoms. The maximum absolute atomic E-state index is 13.3. The van der Waals surface area contributed by atoms with E-state index in [4.69, 9.17) is 9.72 Å². The minimum atomic E-state index is -0.386. The number of hydrogen-bond donors (Lipinski definition) is 4. The molecular weight excluding hydrogens is 772 g/mol. The molecule has 3 aromatic heterocycles. The van der Waals surface area contributed by atoms with Gasteiger partial charge in [-0.05, 0) is 93.6 Å². The van der Waals surface area contributed by atoms with Crippen LogP contribution in [0.4, 0.5) is 28.7 Å². The monoisotopic (exact) mass is 824 g/mol. The Kier molecular flexibility index (Phi) is 12.2. The zero-order chi connectivity index (χ0) is 39.6. The molecule has 16 nitrogen and oxygen atoms in total. The number of aromatic nitrogens is 5. The van der Waals surface area contributed by atoms with Crippen LogP contribution in [0.5, 0.6) is 5.88 Å². The first-order chi connectivity index (χ1) is 28.3. The third kappa shape index (κ3) is 9.23. The van der Waals surface area contributed by atoms with Crippen LogP contribution in [0.2, 0.25) is 0 Å². The maximum Gasteiger partial charge on any atom is 0.249 e. The molecule has 1 aromatic carbocycles. The highest BCUT2D eigenvalue weighted by Crippen LogP contribution is 2.36. The van der Waals surface area contributed by atoms with E-state index in [1.54, 1.807) is 0 Å². The van der Waals surface area contributed by atoms with E-state index in [1.807, 2.05) is 46.5 Å². The van der Waals surface area contributed by atoms with Crippen molar-refractivity contribution < 1.29 is 19.1 Å². The van der Waals surface area contributed by atoms with Crippen molar-refractivity contribution >= 4 is 58.8 Å². The van der Waals surface area contributed by atoms with Gasteiger partial charge in [0, 0.05) is 62.8 Å². The second-order valence-corrected chi connectivity index (χ2v) is 16.3. The SMILES string of the molecule is Cc1c(N2CCc3cnc(Nc4cnn(CC5CCN(C(=O)CN6CCC(c7ccc(NC8CCC(=O)NC8=O)cc7)CC6)CC5)c4)nc3C2)cnc2c1NCCO2.Cl. The molecule has 4 N–H and O–H groups in total. The van der Waals surface area contributed by atoms with Crippen LogP contribution in [0, 0.1) is 12.8 Å². The van der Waals surface area contributed by atoms with E-state index < -0.39 is 0 Å². The number of imide groups is 1. The number of pyridine rings is 1. The lowest BCUT2D eigenvalue weighted by atomic mass is 9.89. The van der Waals surface area contributed by atoms with Gasteiger partial charge in [0.05, 0.1) is 42.6 Å². The Balaban J connectivity index is 0.00000484. The van der Waals surface area contributed by atoms with Crippen molar-refractivity contribution in [2.24, 2.45) is 5.92 Å². The second-order valence-electron chi connectivity index (χ2n) is 16.3. The number of benzene rings is 1. The number of piperidine rings is 3. The number of anilines is 5. The van der Waals surface area contributed by atoms with E-state index >= 15 is 0 Å². The zero-order valence-corrected chi connectivity index (χ0v) is 34.3. The quantitative estimate of drug-likeness (QED) is 0.167. The first-order valence-electron chi connectivity index (χ1n) is 20.8. The van der Waals surface area contributed by atoms with Crippen LogP contribution >= 0.6 is 12.4 Å². The number of hydrogen-bond acceptors (Lipinski definition) is 13. The fourth-order valence-electron chi connectivity index (χ4n) is 8.98. The summed E-state index contributed by atoms with van der Waals surface area (Å²) in [5.41, 5.74) is 8.39. The van der Waals surface area contributed by atoms with Crippen molar-refractivity contribution in [2.45, 2.75) is 76.9 Å². The van der Waals surface area contributed by atoms with Crippen LogP contribution in [0.3, 0.4) is 0 Å². The van der Waals surface area contributed by atoms with Crippen molar-refractivity contribution in [1.29, 1.82) is 0 Å². The van der Waals surface area contributed by atoms with Gasteiger partial charge in [-0.25, -0.2) is 15.0 Å². The van der Waals surface area contributed by atoms with Gasteiger partial charge in [0.1, 0.15) is 18.3 Å². The standard InChI is InChI=1S/C42H52N12O4.ClH/c1-27-36(22-44-41-39(27)43-13-19-58-41)53-18-12-31-20-45-42(49-35(31)25-53)48-33-21-46-54(24-33)23-28-8-16-52(17-9-28)38(56)26-51-14-10-30(11-15-51)29-2-4-32(5-3-29)47-34-6-7-37(55)50-40(34)57;/h2-5,20-22,24,28,30,34,43,47H,6-19,23,25-26H2,1H3,(H,45,48,49)(H,50,55,57);1H. The van der Waals surface area contributed by atoms with Crippen LogP contribution in [0.15, 0.2) is 49.1 Å². The lowest BCUT2D eigenvalue weighted by Gasteiger charge is -2.36. The summed E-state index contributed by atoms with van der Waals surface area (Å²) >= 11 is 0. The Morgan fingerprint density at radius 1 is 0.932 bits per heavy atom. The lowest BCUT2D eigenvalue weighted by molar-refractivity contribution is -0.135. The Morgan fingerprint density at radius 2 is 1.75 bits per heavy atom. The molecule has 59 heavy (non-hydrogen) atoms. The number of amides is 3. The number of carbonyl (C=O) groups is 3. The predicted molar refractivity (Wildman–Crippen MR) is 226 cm³/mol. The van der Waals surface area contributed by atoms with Crippen molar-refractivity contribution in [1.82, 2.24) is 39.8 Å². The molecule has 312 valence electrons. The first kappa shape index (κ1) is 40.3. The molecule has 8 heterocycles. The zero-order valence-electron chi connectivity index (χ0n) is 33.5. The lowest BCUT2D eigenvalue weighted by Crippen LogP contribution is -2.47. The van der Waals surface area contributed by atoms with E-state index in [2.05, 4.69) is 65.2 Å². The third-order valence-electron chi connectivity index (χ3n) is 12.4. The fraction of sp³-hybridized carbons (Fsp3) is 0.500. The van der Waals surface area contributed by atoms with Gasteiger partial charge in [-0.2, -0.15) is 5.10 Å². The summed E-state index contributed by atoms with van der Waals surface area (Å²) in [5.74, 6) is 1.87. The Hall–Kier alpha value is -5.48. The highest BCUT2D eigenvalue weighted by molar-refractivity contribution is 6.01. The van der Waals surface area contributed by atoms with Crippen molar-refractivity contribution in [2.75, 3.05) is 73.3 Å². The van der Waals surface area contributed by atoms with Crippen molar-refractivity contribution in [3.05, 3.63) is 71.4 Å². The van der Waals surface area contributed by atoms with Crippen LogP contribution < -0.4 is 30.9 Å². The van der Waals surface area contributed by atoms with Crippen molar-refractivity contribution in [3.8, 4) is 5.88 Å². The Morgan fingerprint density at radius 3 is 2.54 bits per heavy atom. The van der Waals surface area contributed by atoms with E-state index in [1.165, 1.54) is 11.1 Å². The number of likely N-dealkylation sites (tertiary alicyclic amines) is 2. The average Bonchev–Trinajstić information content (AvgIpc) is 3.68. The maximum atomic E-state index is 13.3. The summed E-state index contributed by atoms with van der Waals surface area (Å²) in [5, 5.41) is 17.1. The van der Waals surface area contributed by atoms with Crippen molar-refractivity contribution in [3.63, 3.8) is 0 Å². The number of ether oxygens (including phenoxy) is 1. The highest BCUT2D eigenvalue weighted by atomic mass is 35.5. The predicted octanol–water partition coefficient (Wildman–Crippen LogP) is 4.24. The molecule has 3 saturated heterocycles. The van der Waals surface area contributed by atoms with Crippen LogP contribution in [0.25, 0.3) is 0 Å². The number of halogens is 1. The van der Waals surface area contributed by atoms with Crippen LogP contribution in [0.1, 0.15) is 66.8 Å².